The molecule has 2 unspecified atom stereocenters. The molecule has 1 aliphatic rings. The number of hydrogen-bond donors (Lipinski definition) is 0. The summed E-state index contributed by atoms with van der Waals surface area (Å²) in [4.78, 5) is 14.8. The van der Waals surface area contributed by atoms with Crippen molar-refractivity contribution in [2.24, 2.45) is 0 Å². The lowest BCUT2D eigenvalue weighted by Crippen LogP contribution is -2.48. The van der Waals surface area contributed by atoms with Gasteiger partial charge in [0.15, 0.2) is 5.16 Å². The smallest absolute Gasteiger partial charge is 0.233 e. The Labute approximate surface area is 160 Å². The van der Waals surface area contributed by atoms with Crippen LogP contribution in [0.3, 0.4) is 0 Å². The maximum absolute atomic E-state index is 12.8. The van der Waals surface area contributed by atoms with Crippen LogP contribution in [-0.4, -0.2) is 43.4 Å². The highest BCUT2D eigenvalue weighted by atomic mass is 32.2. The summed E-state index contributed by atoms with van der Waals surface area (Å²) in [5, 5.41) is 9.29. The molecule has 26 heavy (non-hydrogen) atoms. The summed E-state index contributed by atoms with van der Waals surface area (Å²) in [6, 6.07) is 9.10. The number of hydrogen-bond acceptors (Lipinski definition) is 4. The lowest BCUT2D eigenvalue weighted by molar-refractivity contribution is -0.134. The van der Waals surface area contributed by atoms with Gasteiger partial charge in [-0.1, -0.05) is 30.8 Å². The molecular weight excluding hydrogens is 344 g/mol. The topological polar surface area (TPSA) is 51.0 Å². The summed E-state index contributed by atoms with van der Waals surface area (Å²) in [5.41, 5.74) is 2.34. The molecule has 0 N–H and O–H groups in total. The van der Waals surface area contributed by atoms with Crippen molar-refractivity contribution >= 4 is 17.7 Å². The molecule has 0 radical (unpaired) electrons. The second-order valence-corrected chi connectivity index (χ2v) is 8.05. The highest BCUT2D eigenvalue weighted by Crippen LogP contribution is 2.26. The van der Waals surface area contributed by atoms with Crippen LogP contribution in [0.15, 0.2) is 29.4 Å². The predicted octanol–water partition coefficient (Wildman–Crippen LogP) is 4.02. The number of likely N-dealkylation sites (tertiary alicyclic amines) is 1. The Bertz CT molecular complexity index is 746. The molecule has 1 fully saturated rings. The van der Waals surface area contributed by atoms with Gasteiger partial charge in [0.2, 0.25) is 5.91 Å². The predicted molar refractivity (Wildman–Crippen MR) is 106 cm³/mol. The second kappa shape index (κ2) is 8.25. The van der Waals surface area contributed by atoms with Gasteiger partial charge in [-0.2, -0.15) is 0 Å². The maximum Gasteiger partial charge on any atom is 0.233 e. The van der Waals surface area contributed by atoms with Crippen LogP contribution >= 0.6 is 11.8 Å². The van der Waals surface area contributed by atoms with Crippen molar-refractivity contribution in [2.75, 3.05) is 5.75 Å². The van der Waals surface area contributed by atoms with Crippen LogP contribution in [0.1, 0.15) is 51.4 Å². The zero-order chi connectivity index (χ0) is 18.7. The first-order valence-corrected chi connectivity index (χ1v) is 10.4. The quantitative estimate of drug-likeness (QED) is 0.744. The van der Waals surface area contributed by atoms with Crippen LogP contribution in [0.5, 0.6) is 0 Å². The minimum atomic E-state index is 0.197. The van der Waals surface area contributed by atoms with Crippen molar-refractivity contribution in [2.45, 2.75) is 70.6 Å². The van der Waals surface area contributed by atoms with E-state index in [2.05, 4.69) is 60.1 Å². The van der Waals surface area contributed by atoms with Crippen molar-refractivity contribution in [3.05, 3.63) is 35.7 Å². The molecule has 2 heterocycles. The minimum absolute atomic E-state index is 0.197. The van der Waals surface area contributed by atoms with Crippen molar-refractivity contribution in [1.82, 2.24) is 19.7 Å². The Morgan fingerprint density at radius 3 is 2.42 bits per heavy atom. The fourth-order valence-corrected chi connectivity index (χ4v) is 4.59. The van der Waals surface area contributed by atoms with E-state index in [0.717, 1.165) is 35.9 Å². The zero-order valence-corrected chi connectivity index (χ0v) is 16.9. The maximum atomic E-state index is 12.8. The summed E-state index contributed by atoms with van der Waals surface area (Å²) in [5.74, 6) is 1.44. The first kappa shape index (κ1) is 19.0. The number of benzene rings is 1. The number of rotatable bonds is 5. The Hall–Kier alpha value is -1.82. The van der Waals surface area contributed by atoms with Crippen LogP contribution in [0, 0.1) is 6.92 Å². The Kier molecular flexibility index (Phi) is 6.01. The highest BCUT2D eigenvalue weighted by molar-refractivity contribution is 7.99. The number of thioether (sulfide) groups is 1. The average Bonchev–Trinajstić information content (AvgIpc) is 3.00. The summed E-state index contributed by atoms with van der Waals surface area (Å²) in [7, 11) is 0. The normalized spacial score (nSPS) is 20.4. The molecule has 5 nitrogen and oxygen atoms in total. The van der Waals surface area contributed by atoms with Gasteiger partial charge in [0.1, 0.15) is 5.82 Å². The Morgan fingerprint density at radius 1 is 1.15 bits per heavy atom. The van der Waals surface area contributed by atoms with Gasteiger partial charge in [0.05, 0.1) is 5.75 Å². The zero-order valence-electron chi connectivity index (χ0n) is 16.1. The summed E-state index contributed by atoms with van der Waals surface area (Å²) < 4.78 is 2.03. The molecular formula is C20H28N4OS. The first-order chi connectivity index (χ1) is 12.5. The van der Waals surface area contributed by atoms with Gasteiger partial charge in [-0.05, 0) is 64.2 Å². The fourth-order valence-electron chi connectivity index (χ4n) is 3.73. The van der Waals surface area contributed by atoms with E-state index in [1.54, 1.807) is 0 Å². The van der Waals surface area contributed by atoms with E-state index < -0.39 is 0 Å². The van der Waals surface area contributed by atoms with Gasteiger partial charge in [-0.15, -0.1) is 10.2 Å². The molecule has 0 spiro atoms. The van der Waals surface area contributed by atoms with Crippen LogP contribution in [0.25, 0.3) is 5.69 Å². The van der Waals surface area contributed by atoms with E-state index in [1.807, 2.05) is 11.5 Å². The molecule has 1 aromatic carbocycles. The third kappa shape index (κ3) is 3.95. The van der Waals surface area contributed by atoms with Gasteiger partial charge < -0.3 is 4.90 Å². The average molecular weight is 373 g/mol. The molecule has 2 atom stereocenters. The number of carbonyl (C=O) groups is 1. The molecule has 1 aliphatic heterocycles. The lowest BCUT2D eigenvalue weighted by atomic mass is 9.98. The van der Waals surface area contributed by atoms with Gasteiger partial charge in [0.25, 0.3) is 0 Å². The Morgan fingerprint density at radius 2 is 1.81 bits per heavy atom. The molecule has 1 saturated heterocycles. The third-order valence-electron chi connectivity index (χ3n) is 5.20. The molecule has 6 heteroatoms. The third-order valence-corrected chi connectivity index (χ3v) is 6.12. The molecule has 3 rings (SSSR count). The van der Waals surface area contributed by atoms with E-state index >= 15 is 0 Å². The standard InChI is InChI=1S/C20H28N4OS/c1-5-17-9-11-18(12-10-17)24-16(4)21-22-20(24)26-13-19(25)23-14(2)7-6-8-15(23)3/h9-12,14-15H,5-8,13H2,1-4H3. The highest BCUT2D eigenvalue weighted by Gasteiger charge is 2.29. The largest absolute Gasteiger partial charge is 0.337 e. The summed E-state index contributed by atoms with van der Waals surface area (Å²) >= 11 is 1.48. The van der Waals surface area contributed by atoms with E-state index in [9.17, 15) is 4.79 Å². The van der Waals surface area contributed by atoms with Gasteiger partial charge >= 0.3 is 0 Å². The van der Waals surface area contributed by atoms with E-state index in [0.29, 0.717) is 17.8 Å². The van der Waals surface area contributed by atoms with Crippen LogP contribution < -0.4 is 0 Å². The number of nitrogens with zero attached hydrogens (tertiary/aromatic N) is 4. The second-order valence-electron chi connectivity index (χ2n) is 7.10. The van der Waals surface area contributed by atoms with Crippen molar-refractivity contribution in [1.29, 1.82) is 0 Å². The van der Waals surface area contributed by atoms with E-state index in [-0.39, 0.29) is 5.91 Å². The van der Waals surface area contributed by atoms with Crippen molar-refractivity contribution < 1.29 is 4.79 Å². The van der Waals surface area contributed by atoms with Crippen molar-refractivity contribution in [3.63, 3.8) is 0 Å². The molecule has 140 valence electrons. The van der Waals surface area contributed by atoms with Crippen LogP contribution in [0.2, 0.25) is 0 Å². The van der Waals surface area contributed by atoms with Crippen LogP contribution in [-0.2, 0) is 11.2 Å². The molecule has 0 saturated carbocycles. The number of carbonyl (C=O) groups excluding carboxylic acids is 1. The van der Waals surface area contributed by atoms with Gasteiger partial charge in [-0.3, -0.25) is 9.36 Å². The number of aromatic nitrogens is 3. The first-order valence-electron chi connectivity index (χ1n) is 9.46. The van der Waals surface area contributed by atoms with Crippen LogP contribution in [0.4, 0.5) is 0 Å². The Balaban J connectivity index is 1.73. The fraction of sp³-hybridized carbons (Fsp3) is 0.550. The van der Waals surface area contributed by atoms with E-state index in [1.165, 1.54) is 23.7 Å². The number of piperidine rings is 1. The van der Waals surface area contributed by atoms with Gasteiger partial charge in [-0.25, -0.2) is 0 Å². The SMILES string of the molecule is CCc1ccc(-n2c(C)nnc2SCC(=O)N2C(C)CCCC2C)cc1. The summed E-state index contributed by atoms with van der Waals surface area (Å²) in [6.07, 6.45) is 4.42. The molecule has 1 amide bonds. The number of aryl methyl sites for hydroxylation is 2. The molecule has 1 aromatic heterocycles. The molecule has 0 bridgehead atoms. The van der Waals surface area contributed by atoms with Gasteiger partial charge in [0, 0.05) is 17.8 Å². The van der Waals surface area contributed by atoms with E-state index in [4.69, 9.17) is 0 Å². The lowest BCUT2D eigenvalue weighted by Gasteiger charge is -2.39. The summed E-state index contributed by atoms with van der Waals surface area (Å²) in [6.45, 7) is 8.40. The monoisotopic (exact) mass is 372 g/mol. The molecule has 2 aromatic rings. The number of amides is 1. The van der Waals surface area contributed by atoms with Crippen molar-refractivity contribution in [3.8, 4) is 5.69 Å². The molecule has 0 aliphatic carbocycles. The minimum Gasteiger partial charge on any atom is -0.337 e.